The highest BCUT2D eigenvalue weighted by atomic mass is 16.5. The van der Waals surface area contributed by atoms with Gasteiger partial charge in [-0.15, -0.1) is 0 Å². The third-order valence-electron chi connectivity index (χ3n) is 3.86. The number of methoxy groups -OCH3 is 1. The molecule has 1 saturated heterocycles. The maximum atomic E-state index is 12.5. The number of nitrogens with one attached hydrogen (secondary N) is 1. The van der Waals surface area contributed by atoms with Crippen LogP contribution in [0.4, 0.5) is 5.69 Å². The van der Waals surface area contributed by atoms with E-state index in [1.54, 1.807) is 30.1 Å². The molecule has 2 amide bonds. The average Bonchev–Trinajstić information content (AvgIpc) is 2.53. The Hall–Kier alpha value is -2.24. The Morgan fingerprint density at radius 3 is 2.57 bits per heavy atom. The van der Waals surface area contributed by atoms with E-state index in [9.17, 15) is 9.59 Å². The lowest BCUT2D eigenvalue weighted by Crippen LogP contribution is -2.42. The van der Waals surface area contributed by atoms with E-state index in [0.29, 0.717) is 42.9 Å². The average molecular weight is 291 g/mol. The second-order valence-electron chi connectivity index (χ2n) is 5.14. The molecule has 1 aromatic carbocycles. The van der Waals surface area contributed by atoms with Crippen LogP contribution < -0.4 is 15.8 Å². The molecular formula is C15H21N3O3. The molecule has 21 heavy (non-hydrogen) atoms. The molecule has 0 aromatic heterocycles. The number of hydrogen-bond donors (Lipinski definition) is 2. The van der Waals surface area contributed by atoms with Crippen molar-refractivity contribution >= 4 is 17.5 Å². The Kier molecular flexibility index (Phi) is 4.67. The number of nitrogen functional groups attached to an aromatic ring is 1. The summed E-state index contributed by atoms with van der Waals surface area (Å²) in [5, 5.41) is 2.66. The van der Waals surface area contributed by atoms with Crippen LogP contribution in [0.25, 0.3) is 0 Å². The summed E-state index contributed by atoms with van der Waals surface area (Å²) in [6, 6.07) is 5.01. The van der Waals surface area contributed by atoms with E-state index in [0.717, 1.165) is 0 Å². The number of carbonyl (C=O) groups is 2. The summed E-state index contributed by atoms with van der Waals surface area (Å²) < 4.78 is 5.22. The van der Waals surface area contributed by atoms with Crippen LogP contribution in [0.1, 0.15) is 23.2 Å². The molecule has 1 aromatic rings. The first kappa shape index (κ1) is 15.2. The van der Waals surface area contributed by atoms with Gasteiger partial charge in [0, 0.05) is 37.8 Å². The maximum absolute atomic E-state index is 12.5. The Labute approximate surface area is 124 Å². The lowest BCUT2D eigenvalue weighted by atomic mass is 9.95. The highest BCUT2D eigenvalue weighted by Gasteiger charge is 2.28. The van der Waals surface area contributed by atoms with Gasteiger partial charge in [0.25, 0.3) is 5.91 Å². The van der Waals surface area contributed by atoms with Crippen molar-refractivity contribution in [3.05, 3.63) is 23.8 Å². The van der Waals surface area contributed by atoms with Gasteiger partial charge in [-0.05, 0) is 25.0 Å². The molecule has 0 aliphatic carbocycles. The highest BCUT2D eigenvalue weighted by Crippen LogP contribution is 2.25. The second-order valence-corrected chi connectivity index (χ2v) is 5.14. The van der Waals surface area contributed by atoms with E-state index in [1.165, 1.54) is 7.11 Å². The minimum atomic E-state index is -0.0813. The van der Waals surface area contributed by atoms with Gasteiger partial charge < -0.3 is 20.7 Å². The van der Waals surface area contributed by atoms with Crippen LogP contribution in [-0.2, 0) is 4.79 Å². The monoisotopic (exact) mass is 291 g/mol. The largest absolute Gasteiger partial charge is 0.496 e. The topological polar surface area (TPSA) is 84.7 Å². The van der Waals surface area contributed by atoms with Crippen molar-refractivity contribution in [3.63, 3.8) is 0 Å². The third kappa shape index (κ3) is 3.26. The number of carbonyl (C=O) groups excluding carboxylic acids is 2. The Morgan fingerprint density at radius 1 is 1.33 bits per heavy atom. The molecule has 1 heterocycles. The fourth-order valence-electron chi connectivity index (χ4n) is 2.60. The fourth-order valence-corrected chi connectivity index (χ4v) is 2.60. The van der Waals surface area contributed by atoms with Crippen molar-refractivity contribution < 1.29 is 14.3 Å². The molecule has 0 bridgehead atoms. The first-order chi connectivity index (χ1) is 10.1. The van der Waals surface area contributed by atoms with Crippen molar-refractivity contribution in [2.24, 2.45) is 5.92 Å². The predicted octanol–water partition coefficient (Wildman–Crippen LogP) is 0.876. The molecule has 114 valence electrons. The van der Waals surface area contributed by atoms with Gasteiger partial charge in [-0.1, -0.05) is 0 Å². The van der Waals surface area contributed by atoms with E-state index in [-0.39, 0.29) is 17.7 Å². The van der Waals surface area contributed by atoms with Crippen molar-refractivity contribution in [1.29, 1.82) is 0 Å². The van der Waals surface area contributed by atoms with Gasteiger partial charge in [-0.2, -0.15) is 0 Å². The number of piperidine rings is 1. The third-order valence-corrected chi connectivity index (χ3v) is 3.86. The van der Waals surface area contributed by atoms with Crippen LogP contribution in [0.2, 0.25) is 0 Å². The van der Waals surface area contributed by atoms with Gasteiger partial charge in [0.05, 0.1) is 12.7 Å². The first-order valence-corrected chi connectivity index (χ1v) is 7.01. The molecule has 0 atom stereocenters. The lowest BCUT2D eigenvalue weighted by Gasteiger charge is -2.31. The molecule has 2 rings (SSSR count). The van der Waals surface area contributed by atoms with Crippen molar-refractivity contribution in [1.82, 2.24) is 10.2 Å². The molecular weight excluding hydrogens is 270 g/mol. The number of likely N-dealkylation sites (tertiary alicyclic amines) is 1. The highest BCUT2D eigenvalue weighted by molar-refractivity contribution is 5.97. The molecule has 3 N–H and O–H groups in total. The summed E-state index contributed by atoms with van der Waals surface area (Å²) in [4.78, 5) is 25.9. The van der Waals surface area contributed by atoms with Crippen LogP contribution in [0.15, 0.2) is 18.2 Å². The number of amides is 2. The SMILES string of the molecule is CNC(=O)C1CCN(C(=O)c2ccc(N)cc2OC)CC1. The predicted molar refractivity (Wildman–Crippen MR) is 80.1 cm³/mol. The second kappa shape index (κ2) is 6.47. The molecule has 0 radical (unpaired) electrons. The first-order valence-electron chi connectivity index (χ1n) is 7.01. The van der Waals surface area contributed by atoms with Gasteiger partial charge in [0.1, 0.15) is 5.75 Å². The van der Waals surface area contributed by atoms with E-state index in [4.69, 9.17) is 10.5 Å². The number of hydrogen-bond acceptors (Lipinski definition) is 4. The van der Waals surface area contributed by atoms with Crippen molar-refractivity contribution in [2.75, 3.05) is 33.0 Å². The number of nitrogens with zero attached hydrogens (tertiary/aromatic N) is 1. The smallest absolute Gasteiger partial charge is 0.257 e. The summed E-state index contributed by atoms with van der Waals surface area (Å²) in [5.41, 5.74) is 6.76. The van der Waals surface area contributed by atoms with Crippen molar-refractivity contribution in [2.45, 2.75) is 12.8 Å². The normalized spacial score (nSPS) is 15.6. The standard InChI is InChI=1S/C15H21N3O3/c1-17-14(19)10-5-7-18(8-6-10)15(20)12-4-3-11(16)9-13(12)21-2/h3-4,9-10H,5-8,16H2,1-2H3,(H,17,19). The quantitative estimate of drug-likeness (QED) is 0.810. The Balaban J connectivity index is 2.07. The summed E-state index contributed by atoms with van der Waals surface area (Å²) >= 11 is 0. The zero-order valence-corrected chi connectivity index (χ0v) is 12.4. The van der Waals surface area contributed by atoms with Crippen molar-refractivity contribution in [3.8, 4) is 5.75 Å². The molecule has 6 nitrogen and oxygen atoms in total. The number of benzene rings is 1. The van der Waals surface area contributed by atoms with E-state index >= 15 is 0 Å². The minimum absolute atomic E-state index is 0.00707. The fraction of sp³-hybridized carbons (Fsp3) is 0.467. The zero-order valence-electron chi connectivity index (χ0n) is 12.4. The Bertz CT molecular complexity index is 537. The summed E-state index contributed by atoms with van der Waals surface area (Å²) in [5.74, 6) is 0.440. The number of ether oxygens (including phenoxy) is 1. The molecule has 0 spiro atoms. The molecule has 1 aliphatic rings. The molecule has 0 saturated carbocycles. The minimum Gasteiger partial charge on any atom is -0.496 e. The molecule has 6 heteroatoms. The van der Waals surface area contributed by atoms with Crippen LogP contribution in [0.5, 0.6) is 5.75 Å². The summed E-state index contributed by atoms with van der Waals surface area (Å²) in [7, 11) is 3.16. The number of anilines is 1. The summed E-state index contributed by atoms with van der Waals surface area (Å²) in [6.45, 7) is 1.15. The van der Waals surface area contributed by atoms with Crippen LogP contribution in [0, 0.1) is 5.92 Å². The van der Waals surface area contributed by atoms with Crippen LogP contribution in [-0.4, -0.2) is 44.0 Å². The van der Waals surface area contributed by atoms with Crippen LogP contribution in [0.3, 0.4) is 0 Å². The lowest BCUT2D eigenvalue weighted by molar-refractivity contribution is -0.125. The molecule has 0 unspecified atom stereocenters. The van der Waals surface area contributed by atoms with E-state index in [1.807, 2.05) is 0 Å². The maximum Gasteiger partial charge on any atom is 0.257 e. The van der Waals surface area contributed by atoms with Gasteiger partial charge in [0.15, 0.2) is 0 Å². The Morgan fingerprint density at radius 2 is 2.00 bits per heavy atom. The zero-order chi connectivity index (χ0) is 15.4. The van der Waals surface area contributed by atoms with E-state index in [2.05, 4.69) is 5.32 Å². The number of rotatable bonds is 3. The summed E-state index contributed by atoms with van der Waals surface area (Å²) in [6.07, 6.45) is 1.37. The van der Waals surface area contributed by atoms with E-state index < -0.39 is 0 Å². The molecule has 1 aliphatic heterocycles. The van der Waals surface area contributed by atoms with Gasteiger partial charge >= 0.3 is 0 Å². The van der Waals surface area contributed by atoms with Gasteiger partial charge in [-0.3, -0.25) is 9.59 Å². The molecule has 1 fully saturated rings. The van der Waals surface area contributed by atoms with Gasteiger partial charge in [0.2, 0.25) is 5.91 Å². The number of nitrogens with two attached hydrogens (primary N) is 1. The van der Waals surface area contributed by atoms with Gasteiger partial charge in [-0.25, -0.2) is 0 Å². The van der Waals surface area contributed by atoms with Crippen LogP contribution >= 0.6 is 0 Å².